The lowest BCUT2D eigenvalue weighted by Gasteiger charge is -2.10. The second-order valence-electron chi connectivity index (χ2n) is 3.60. The molecule has 1 rings (SSSR count). The first-order valence-electron chi connectivity index (χ1n) is 5.09. The van der Waals surface area contributed by atoms with Crippen LogP contribution >= 0.6 is 11.6 Å². The van der Waals surface area contributed by atoms with Gasteiger partial charge in [0.15, 0.2) is 0 Å². The van der Waals surface area contributed by atoms with E-state index < -0.39 is 0 Å². The first kappa shape index (κ1) is 12.5. The summed E-state index contributed by atoms with van der Waals surface area (Å²) in [7, 11) is 0. The number of nitrogens with zero attached hydrogens (tertiary/aromatic N) is 1. The van der Waals surface area contributed by atoms with Gasteiger partial charge in [-0.3, -0.25) is 4.79 Å². The number of hydrogen-bond donors (Lipinski definition) is 1. The number of amides is 1. The highest BCUT2D eigenvalue weighted by molar-refractivity contribution is 6.31. The molecule has 0 bridgehead atoms. The Balaban J connectivity index is 2.83. The van der Waals surface area contributed by atoms with E-state index in [0.717, 1.165) is 6.42 Å². The molecule has 1 aromatic rings. The molecule has 1 N–H and O–H groups in total. The van der Waals surface area contributed by atoms with Crippen molar-refractivity contribution in [3.8, 4) is 6.07 Å². The number of anilines is 1. The zero-order valence-corrected chi connectivity index (χ0v) is 10.0. The molecule has 0 spiro atoms. The van der Waals surface area contributed by atoms with Gasteiger partial charge in [0.1, 0.15) is 6.07 Å². The van der Waals surface area contributed by atoms with E-state index in [1.165, 1.54) is 0 Å². The van der Waals surface area contributed by atoms with Gasteiger partial charge in [0.05, 0.1) is 10.6 Å². The summed E-state index contributed by atoms with van der Waals surface area (Å²) < 4.78 is 0. The van der Waals surface area contributed by atoms with E-state index in [0.29, 0.717) is 16.3 Å². The fourth-order valence-corrected chi connectivity index (χ4v) is 1.30. The standard InChI is InChI=1S/C12H13ClN2O/c1-3-8(2)12(16)15-10-4-5-11(13)9(6-10)7-14/h4-6,8H,3H2,1-2H3,(H,15,16)/t8-/m1/s1. The number of nitrogens with one attached hydrogen (secondary N) is 1. The summed E-state index contributed by atoms with van der Waals surface area (Å²) in [4.78, 5) is 11.6. The third-order valence-electron chi connectivity index (χ3n) is 2.41. The Kier molecular flexibility index (Phi) is 4.33. The Morgan fingerprint density at radius 2 is 2.31 bits per heavy atom. The van der Waals surface area contributed by atoms with Crippen molar-refractivity contribution in [2.24, 2.45) is 5.92 Å². The third-order valence-corrected chi connectivity index (χ3v) is 2.74. The van der Waals surface area contributed by atoms with Crippen molar-refractivity contribution in [1.29, 1.82) is 5.26 Å². The lowest BCUT2D eigenvalue weighted by Crippen LogP contribution is -2.19. The lowest BCUT2D eigenvalue weighted by atomic mass is 10.1. The molecule has 0 aliphatic rings. The van der Waals surface area contributed by atoms with Crippen molar-refractivity contribution in [2.75, 3.05) is 5.32 Å². The fourth-order valence-electron chi connectivity index (χ4n) is 1.14. The average molecular weight is 237 g/mol. The highest BCUT2D eigenvalue weighted by Crippen LogP contribution is 2.20. The SMILES string of the molecule is CC[C@@H](C)C(=O)Nc1ccc(Cl)c(C#N)c1. The number of carbonyl (C=O) groups is 1. The maximum Gasteiger partial charge on any atom is 0.227 e. The number of rotatable bonds is 3. The van der Waals surface area contributed by atoms with Gasteiger partial charge >= 0.3 is 0 Å². The van der Waals surface area contributed by atoms with Gasteiger partial charge in [-0.2, -0.15) is 5.26 Å². The largest absolute Gasteiger partial charge is 0.326 e. The minimum Gasteiger partial charge on any atom is -0.326 e. The Bertz CT molecular complexity index is 437. The Labute approximate surface area is 100 Å². The van der Waals surface area contributed by atoms with Crippen molar-refractivity contribution in [2.45, 2.75) is 20.3 Å². The van der Waals surface area contributed by atoms with E-state index >= 15 is 0 Å². The van der Waals surface area contributed by atoms with Gasteiger partial charge in [0.2, 0.25) is 5.91 Å². The number of hydrogen-bond acceptors (Lipinski definition) is 2. The molecule has 0 unspecified atom stereocenters. The summed E-state index contributed by atoms with van der Waals surface area (Å²) in [5.41, 5.74) is 0.967. The van der Waals surface area contributed by atoms with Crippen LogP contribution in [0.4, 0.5) is 5.69 Å². The smallest absolute Gasteiger partial charge is 0.227 e. The molecule has 0 aliphatic carbocycles. The molecule has 16 heavy (non-hydrogen) atoms. The first-order valence-corrected chi connectivity index (χ1v) is 5.46. The first-order chi connectivity index (χ1) is 7.58. The molecule has 1 aromatic carbocycles. The molecular weight excluding hydrogens is 224 g/mol. The Morgan fingerprint density at radius 1 is 1.62 bits per heavy atom. The molecular formula is C12H13ClN2O. The fraction of sp³-hybridized carbons (Fsp3) is 0.333. The summed E-state index contributed by atoms with van der Waals surface area (Å²) in [5, 5.41) is 11.9. The second kappa shape index (κ2) is 5.53. The normalized spacial score (nSPS) is 11.6. The number of nitriles is 1. The highest BCUT2D eigenvalue weighted by atomic mass is 35.5. The van der Waals surface area contributed by atoms with Crippen LogP contribution in [0.1, 0.15) is 25.8 Å². The summed E-state index contributed by atoms with van der Waals surface area (Å²) in [5.74, 6) is -0.0880. The molecule has 0 saturated heterocycles. The van der Waals surface area contributed by atoms with Crippen LogP contribution in [0.2, 0.25) is 5.02 Å². The molecule has 1 atom stereocenters. The number of benzene rings is 1. The summed E-state index contributed by atoms with van der Waals surface area (Å²) >= 11 is 5.79. The van der Waals surface area contributed by atoms with E-state index in [9.17, 15) is 4.79 Å². The van der Waals surface area contributed by atoms with Gasteiger partial charge in [-0.25, -0.2) is 0 Å². The Hall–Kier alpha value is -1.53. The quantitative estimate of drug-likeness (QED) is 0.876. The van der Waals surface area contributed by atoms with Crippen LogP contribution in [-0.4, -0.2) is 5.91 Å². The molecule has 3 nitrogen and oxygen atoms in total. The molecule has 84 valence electrons. The molecule has 4 heteroatoms. The van der Waals surface area contributed by atoms with Gasteiger partial charge in [-0.1, -0.05) is 25.4 Å². The minimum absolute atomic E-state index is 0.0405. The Morgan fingerprint density at radius 3 is 2.88 bits per heavy atom. The second-order valence-corrected chi connectivity index (χ2v) is 4.01. The molecule has 0 radical (unpaired) electrons. The van der Waals surface area contributed by atoms with E-state index in [2.05, 4.69) is 5.32 Å². The predicted molar refractivity (Wildman–Crippen MR) is 64.3 cm³/mol. The van der Waals surface area contributed by atoms with Gasteiger partial charge in [0.25, 0.3) is 0 Å². The van der Waals surface area contributed by atoms with E-state index in [4.69, 9.17) is 16.9 Å². The molecule has 0 heterocycles. The third kappa shape index (κ3) is 2.98. The van der Waals surface area contributed by atoms with Gasteiger partial charge in [0, 0.05) is 11.6 Å². The van der Waals surface area contributed by atoms with Crippen molar-refractivity contribution in [1.82, 2.24) is 0 Å². The molecule has 0 fully saturated rings. The van der Waals surface area contributed by atoms with E-state index in [1.54, 1.807) is 18.2 Å². The predicted octanol–water partition coefficient (Wildman–Crippen LogP) is 3.20. The number of halogens is 1. The summed E-state index contributed by atoms with van der Waals surface area (Å²) in [6.45, 7) is 3.81. The van der Waals surface area contributed by atoms with Crippen molar-refractivity contribution in [3.05, 3.63) is 28.8 Å². The van der Waals surface area contributed by atoms with Crippen LogP contribution in [0.25, 0.3) is 0 Å². The van der Waals surface area contributed by atoms with Crippen molar-refractivity contribution in [3.63, 3.8) is 0 Å². The average Bonchev–Trinajstić information content (AvgIpc) is 2.30. The highest BCUT2D eigenvalue weighted by Gasteiger charge is 2.11. The molecule has 0 aromatic heterocycles. The van der Waals surface area contributed by atoms with Gasteiger partial charge in [-0.15, -0.1) is 0 Å². The molecule has 1 amide bonds. The topological polar surface area (TPSA) is 52.9 Å². The minimum atomic E-state index is -0.0475. The maximum absolute atomic E-state index is 11.6. The van der Waals surface area contributed by atoms with Crippen LogP contribution in [-0.2, 0) is 4.79 Å². The molecule has 0 aliphatic heterocycles. The van der Waals surface area contributed by atoms with Gasteiger partial charge in [-0.05, 0) is 24.6 Å². The van der Waals surface area contributed by atoms with Crippen molar-refractivity contribution < 1.29 is 4.79 Å². The van der Waals surface area contributed by atoms with E-state index in [-0.39, 0.29) is 11.8 Å². The zero-order valence-electron chi connectivity index (χ0n) is 9.25. The zero-order chi connectivity index (χ0) is 12.1. The van der Waals surface area contributed by atoms with E-state index in [1.807, 2.05) is 19.9 Å². The molecule has 0 saturated carbocycles. The van der Waals surface area contributed by atoms with Crippen LogP contribution in [0.15, 0.2) is 18.2 Å². The summed E-state index contributed by atoms with van der Waals surface area (Å²) in [6.07, 6.45) is 0.782. The summed E-state index contributed by atoms with van der Waals surface area (Å²) in [6, 6.07) is 6.83. The van der Waals surface area contributed by atoms with Crippen LogP contribution in [0, 0.1) is 17.2 Å². The van der Waals surface area contributed by atoms with Crippen molar-refractivity contribution >= 4 is 23.2 Å². The lowest BCUT2D eigenvalue weighted by molar-refractivity contribution is -0.119. The van der Waals surface area contributed by atoms with Crippen LogP contribution in [0.3, 0.4) is 0 Å². The van der Waals surface area contributed by atoms with Gasteiger partial charge < -0.3 is 5.32 Å². The van der Waals surface area contributed by atoms with Crippen LogP contribution in [0.5, 0.6) is 0 Å². The number of carbonyl (C=O) groups excluding carboxylic acids is 1. The monoisotopic (exact) mass is 236 g/mol. The maximum atomic E-state index is 11.6. The van der Waals surface area contributed by atoms with Crippen LogP contribution < -0.4 is 5.32 Å².